The zero-order valence-electron chi connectivity index (χ0n) is 14.6. The average molecular weight is 407 g/mol. The monoisotopic (exact) mass is 406 g/mol. The number of halogens is 1. The Morgan fingerprint density at radius 3 is 2.93 bits per heavy atom. The van der Waals surface area contributed by atoms with Gasteiger partial charge in [-0.05, 0) is 35.4 Å². The summed E-state index contributed by atoms with van der Waals surface area (Å²) in [4.78, 5) is 12.8. The van der Waals surface area contributed by atoms with Crippen LogP contribution in [0, 0.1) is 6.92 Å². The summed E-state index contributed by atoms with van der Waals surface area (Å²) in [6, 6.07) is 9.08. The molecule has 0 bridgehead atoms. The largest absolute Gasteiger partial charge is 0.394 e. The highest BCUT2D eigenvalue weighted by molar-refractivity contribution is 7.07. The van der Waals surface area contributed by atoms with Crippen LogP contribution in [0.3, 0.4) is 0 Å². The maximum absolute atomic E-state index is 12.8. The number of aromatic nitrogens is 1. The lowest BCUT2D eigenvalue weighted by molar-refractivity contribution is 0.0279. The molecule has 8 heteroatoms. The fourth-order valence-corrected chi connectivity index (χ4v) is 3.60. The third kappa shape index (κ3) is 4.56. The Kier molecular flexibility index (Phi) is 6.63. The predicted octanol–water partition coefficient (Wildman–Crippen LogP) is 3.84. The van der Waals surface area contributed by atoms with Crippen LogP contribution >= 0.6 is 22.9 Å². The van der Waals surface area contributed by atoms with Crippen molar-refractivity contribution in [1.82, 2.24) is 10.5 Å². The maximum atomic E-state index is 12.8. The molecule has 0 spiro atoms. The first-order chi connectivity index (χ1) is 13.1. The molecule has 1 aromatic carbocycles. The van der Waals surface area contributed by atoms with Gasteiger partial charge in [-0.2, -0.15) is 11.3 Å². The Morgan fingerprint density at radius 2 is 2.22 bits per heavy atom. The molecule has 0 saturated carbocycles. The number of aliphatic hydroxyl groups is 1. The molecular formula is C19H19ClN2O4S. The summed E-state index contributed by atoms with van der Waals surface area (Å²) in [5.41, 5.74) is 2.32. The Morgan fingerprint density at radius 1 is 1.41 bits per heavy atom. The van der Waals surface area contributed by atoms with Gasteiger partial charge in [-0.1, -0.05) is 35.0 Å². The molecule has 2 aromatic heterocycles. The lowest BCUT2D eigenvalue weighted by Gasteiger charge is -2.17. The Hall–Kier alpha value is -2.19. The number of nitrogens with zero attached hydrogens (tertiary/aromatic N) is 1. The van der Waals surface area contributed by atoms with E-state index in [1.165, 1.54) is 0 Å². The molecule has 3 aromatic rings. The van der Waals surface area contributed by atoms with Gasteiger partial charge in [0.05, 0.1) is 18.2 Å². The zero-order chi connectivity index (χ0) is 19.2. The molecule has 1 atom stereocenters. The Balaban J connectivity index is 1.78. The minimum atomic E-state index is -0.351. The van der Waals surface area contributed by atoms with Gasteiger partial charge in [0, 0.05) is 12.1 Å². The van der Waals surface area contributed by atoms with Crippen LogP contribution in [0.2, 0.25) is 5.02 Å². The average Bonchev–Trinajstić information content (AvgIpc) is 3.32. The predicted molar refractivity (Wildman–Crippen MR) is 104 cm³/mol. The van der Waals surface area contributed by atoms with Crippen molar-refractivity contribution in [2.24, 2.45) is 0 Å². The number of rotatable bonds is 8. The van der Waals surface area contributed by atoms with Gasteiger partial charge in [0.2, 0.25) is 0 Å². The highest BCUT2D eigenvalue weighted by atomic mass is 35.5. The van der Waals surface area contributed by atoms with Crippen LogP contribution in [0.1, 0.15) is 27.8 Å². The van der Waals surface area contributed by atoms with Gasteiger partial charge in [0.15, 0.2) is 0 Å². The van der Waals surface area contributed by atoms with Gasteiger partial charge in [-0.3, -0.25) is 4.79 Å². The minimum absolute atomic E-state index is 0.0873. The highest BCUT2D eigenvalue weighted by Gasteiger charge is 2.24. The number of aryl methyl sites for hydroxylation is 1. The standard InChI is InChI=1S/C19H19ClN2O4S/c1-12-17(18(22-26-12)14-4-2-3-5-15(14)20)19(24)21-10-16(25-8-7-23)13-6-9-27-11-13/h2-6,9,11,16,23H,7-8,10H2,1H3,(H,21,24)/t16-/m0/s1. The molecule has 0 aliphatic rings. The van der Waals surface area contributed by atoms with E-state index in [-0.39, 0.29) is 31.8 Å². The number of nitrogens with one attached hydrogen (secondary N) is 1. The fourth-order valence-electron chi connectivity index (χ4n) is 2.68. The first kappa shape index (κ1) is 19.6. The summed E-state index contributed by atoms with van der Waals surface area (Å²) in [5.74, 6) is 0.0854. The normalized spacial score (nSPS) is 12.1. The van der Waals surface area contributed by atoms with E-state index < -0.39 is 0 Å². The molecular weight excluding hydrogens is 388 g/mol. The van der Waals surface area contributed by atoms with Gasteiger partial charge >= 0.3 is 0 Å². The minimum Gasteiger partial charge on any atom is -0.394 e. The van der Waals surface area contributed by atoms with Crippen molar-refractivity contribution in [3.63, 3.8) is 0 Å². The van der Waals surface area contributed by atoms with E-state index in [1.807, 2.05) is 29.0 Å². The van der Waals surface area contributed by atoms with E-state index in [9.17, 15) is 4.79 Å². The van der Waals surface area contributed by atoms with Crippen molar-refractivity contribution in [3.8, 4) is 11.3 Å². The highest BCUT2D eigenvalue weighted by Crippen LogP contribution is 2.31. The van der Waals surface area contributed by atoms with E-state index in [2.05, 4.69) is 10.5 Å². The number of thiophene rings is 1. The van der Waals surface area contributed by atoms with E-state index in [4.69, 9.17) is 26.0 Å². The molecule has 2 heterocycles. The number of carbonyl (C=O) groups excluding carboxylic acids is 1. The third-order valence-corrected chi connectivity index (χ3v) is 5.02. The third-order valence-electron chi connectivity index (χ3n) is 3.99. The molecule has 3 rings (SSSR count). The lowest BCUT2D eigenvalue weighted by Crippen LogP contribution is -2.30. The summed E-state index contributed by atoms with van der Waals surface area (Å²) < 4.78 is 10.9. The molecule has 1 amide bonds. The van der Waals surface area contributed by atoms with Crippen LogP contribution in [0.25, 0.3) is 11.3 Å². The molecule has 142 valence electrons. The van der Waals surface area contributed by atoms with Gasteiger partial charge < -0.3 is 19.7 Å². The molecule has 0 fully saturated rings. The summed E-state index contributed by atoms with van der Waals surface area (Å²) in [6.45, 7) is 2.03. The molecule has 0 radical (unpaired) electrons. The summed E-state index contributed by atoms with van der Waals surface area (Å²) in [7, 11) is 0. The van der Waals surface area contributed by atoms with Crippen molar-refractivity contribution in [3.05, 3.63) is 63.0 Å². The van der Waals surface area contributed by atoms with Crippen LogP contribution in [-0.4, -0.2) is 35.9 Å². The van der Waals surface area contributed by atoms with Gasteiger partial charge in [0.1, 0.15) is 23.1 Å². The molecule has 27 heavy (non-hydrogen) atoms. The number of amides is 1. The van der Waals surface area contributed by atoms with Crippen molar-refractivity contribution in [2.75, 3.05) is 19.8 Å². The van der Waals surface area contributed by atoms with E-state index >= 15 is 0 Å². The first-order valence-corrected chi connectivity index (χ1v) is 9.67. The molecule has 0 aliphatic heterocycles. The second-order valence-electron chi connectivity index (χ2n) is 5.79. The van der Waals surface area contributed by atoms with Gasteiger partial charge in [0.25, 0.3) is 5.91 Å². The number of aliphatic hydroxyl groups excluding tert-OH is 1. The van der Waals surface area contributed by atoms with Gasteiger partial charge in [-0.15, -0.1) is 0 Å². The Bertz CT molecular complexity index is 895. The van der Waals surface area contributed by atoms with Crippen LogP contribution in [-0.2, 0) is 4.74 Å². The van der Waals surface area contributed by atoms with E-state index in [1.54, 1.807) is 30.4 Å². The van der Waals surface area contributed by atoms with Gasteiger partial charge in [-0.25, -0.2) is 0 Å². The van der Waals surface area contributed by atoms with Crippen molar-refractivity contribution in [2.45, 2.75) is 13.0 Å². The molecule has 2 N–H and O–H groups in total. The van der Waals surface area contributed by atoms with Crippen molar-refractivity contribution < 1.29 is 19.2 Å². The second-order valence-corrected chi connectivity index (χ2v) is 6.98. The molecule has 6 nitrogen and oxygen atoms in total. The second kappa shape index (κ2) is 9.14. The number of carbonyl (C=O) groups is 1. The number of ether oxygens (including phenoxy) is 1. The van der Waals surface area contributed by atoms with Crippen molar-refractivity contribution in [1.29, 1.82) is 0 Å². The van der Waals surface area contributed by atoms with Crippen LogP contribution in [0.4, 0.5) is 0 Å². The zero-order valence-corrected chi connectivity index (χ0v) is 16.2. The lowest BCUT2D eigenvalue weighted by atomic mass is 10.1. The fraction of sp³-hybridized carbons (Fsp3) is 0.263. The summed E-state index contributed by atoms with van der Waals surface area (Å²) in [6.07, 6.45) is -0.351. The summed E-state index contributed by atoms with van der Waals surface area (Å²) in [5, 5.41) is 20.3. The number of hydrogen-bond acceptors (Lipinski definition) is 6. The number of hydrogen-bond donors (Lipinski definition) is 2. The number of benzene rings is 1. The smallest absolute Gasteiger partial charge is 0.257 e. The first-order valence-electron chi connectivity index (χ1n) is 8.35. The molecule has 0 unspecified atom stereocenters. The topological polar surface area (TPSA) is 84.6 Å². The maximum Gasteiger partial charge on any atom is 0.257 e. The SMILES string of the molecule is Cc1onc(-c2ccccc2Cl)c1C(=O)NC[C@H](OCCO)c1ccsc1. The summed E-state index contributed by atoms with van der Waals surface area (Å²) >= 11 is 7.78. The van der Waals surface area contributed by atoms with Crippen molar-refractivity contribution >= 4 is 28.8 Å². The van der Waals surface area contributed by atoms with Crippen LogP contribution in [0.15, 0.2) is 45.6 Å². The molecule has 0 aliphatic carbocycles. The van der Waals surface area contributed by atoms with E-state index in [0.717, 1.165) is 5.56 Å². The van der Waals surface area contributed by atoms with Crippen LogP contribution in [0.5, 0.6) is 0 Å². The molecule has 0 saturated heterocycles. The van der Waals surface area contributed by atoms with Crippen LogP contribution < -0.4 is 5.32 Å². The van der Waals surface area contributed by atoms with E-state index in [0.29, 0.717) is 27.6 Å². The Labute approximate surface area is 165 Å². The quantitative estimate of drug-likeness (QED) is 0.593.